The molecule has 0 aliphatic carbocycles. The van der Waals surface area contributed by atoms with E-state index in [0.717, 1.165) is 0 Å². The zero-order chi connectivity index (χ0) is 10.4. The maximum Gasteiger partial charge on any atom is 0.0692 e. The molecule has 76 valence electrons. The van der Waals surface area contributed by atoms with E-state index in [1.54, 1.807) is 0 Å². The van der Waals surface area contributed by atoms with Crippen molar-refractivity contribution >= 4 is 21.8 Å². The van der Waals surface area contributed by atoms with Crippen molar-refractivity contribution < 1.29 is 0 Å². The van der Waals surface area contributed by atoms with Crippen molar-refractivity contribution in [1.29, 1.82) is 0 Å². The molecule has 0 aliphatic heterocycles. The Labute approximate surface area is 87.7 Å². The largest absolute Gasteiger partial charge is 0.361 e. The van der Waals surface area contributed by atoms with Crippen molar-refractivity contribution in [1.82, 2.24) is 14.8 Å². The van der Waals surface area contributed by atoms with Crippen molar-refractivity contribution in [3.05, 3.63) is 30.6 Å². The van der Waals surface area contributed by atoms with E-state index in [1.165, 1.54) is 21.8 Å². The van der Waals surface area contributed by atoms with Crippen molar-refractivity contribution in [3.8, 4) is 0 Å². The predicted octanol–water partition coefficient (Wildman–Crippen LogP) is 3.10. The molecule has 0 saturated carbocycles. The van der Waals surface area contributed by atoms with Crippen LogP contribution in [0.25, 0.3) is 21.8 Å². The number of benzene rings is 1. The van der Waals surface area contributed by atoms with Gasteiger partial charge in [-0.15, -0.1) is 0 Å². The van der Waals surface area contributed by atoms with Crippen LogP contribution in [0.3, 0.4) is 0 Å². The number of H-pyrrole nitrogens is 1. The second-order valence-corrected chi connectivity index (χ2v) is 4.16. The third-order valence-electron chi connectivity index (χ3n) is 2.76. The van der Waals surface area contributed by atoms with Gasteiger partial charge in [-0.05, 0) is 32.0 Å². The highest BCUT2D eigenvalue weighted by atomic mass is 15.3. The Bertz CT molecular complexity index is 616. The van der Waals surface area contributed by atoms with Gasteiger partial charge in [0.25, 0.3) is 0 Å². The van der Waals surface area contributed by atoms with Gasteiger partial charge in [0.2, 0.25) is 0 Å². The summed E-state index contributed by atoms with van der Waals surface area (Å²) >= 11 is 0. The first-order chi connectivity index (χ1) is 7.25. The van der Waals surface area contributed by atoms with Gasteiger partial charge < -0.3 is 4.98 Å². The van der Waals surface area contributed by atoms with Gasteiger partial charge in [-0.1, -0.05) is 0 Å². The summed E-state index contributed by atoms with van der Waals surface area (Å²) in [5, 5.41) is 6.83. The Kier molecular flexibility index (Phi) is 1.63. The number of rotatable bonds is 1. The first kappa shape index (κ1) is 8.53. The molecule has 0 radical (unpaired) electrons. The Morgan fingerprint density at radius 2 is 2.13 bits per heavy atom. The number of nitrogens with one attached hydrogen (secondary N) is 1. The number of fused-ring (bicyclic) bond motifs is 2. The molecule has 0 atom stereocenters. The smallest absolute Gasteiger partial charge is 0.0692 e. The fourth-order valence-electron chi connectivity index (χ4n) is 2.01. The lowest BCUT2D eigenvalue weighted by atomic mass is 10.2. The van der Waals surface area contributed by atoms with Crippen LogP contribution in [0, 0.1) is 0 Å². The summed E-state index contributed by atoms with van der Waals surface area (Å²) in [6, 6.07) is 6.83. The number of aromatic nitrogens is 3. The molecule has 0 amide bonds. The van der Waals surface area contributed by atoms with E-state index >= 15 is 0 Å². The minimum atomic E-state index is 0.402. The monoisotopic (exact) mass is 199 g/mol. The van der Waals surface area contributed by atoms with Crippen LogP contribution < -0.4 is 0 Å². The lowest BCUT2D eigenvalue weighted by Gasteiger charge is -2.06. The summed E-state index contributed by atoms with van der Waals surface area (Å²) in [5.74, 6) is 0. The molecule has 2 aromatic heterocycles. The molecule has 0 bridgehead atoms. The molecule has 3 aromatic rings. The SMILES string of the molecule is CC(C)n1ncc2cc3[nH]ccc3cc21. The molecule has 3 rings (SSSR count). The minimum absolute atomic E-state index is 0.402. The van der Waals surface area contributed by atoms with Crippen LogP contribution in [0.15, 0.2) is 30.6 Å². The normalized spacial score (nSPS) is 11.9. The number of aromatic amines is 1. The van der Waals surface area contributed by atoms with E-state index in [9.17, 15) is 0 Å². The molecule has 15 heavy (non-hydrogen) atoms. The van der Waals surface area contributed by atoms with Gasteiger partial charge in [0.05, 0.1) is 11.7 Å². The molecule has 0 saturated heterocycles. The summed E-state index contributed by atoms with van der Waals surface area (Å²) in [6.07, 6.45) is 3.90. The van der Waals surface area contributed by atoms with E-state index < -0.39 is 0 Å². The van der Waals surface area contributed by atoms with Gasteiger partial charge in [0.15, 0.2) is 0 Å². The first-order valence-corrected chi connectivity index (χ1v) is 5.20. The van der Waals surface area contributed by atoms with Crippen LogP contribution in [0.2, 0.25) is 0 Å². The summed E-state index contributed by atoms with van der Waals surface area (Å²) in [5.41, 5.74) is 2.38. The molecular formula is C12H13N3. The summed E-state index contributed by atoms with van der Waals surface area (Å²) < 4.78 is 2.06. The fraction of sp³-hybridized carbons (Fsp3) is 0.250. The van der Waals surface area contributed by atoms with Crippen molar-refractivity contribution in [2.45, 2.75) is 19.9 Å². The Morgan fingerprint density at radius 3 is 2.93 bits per heavy atom. The van der Waals surface area contributed by atoms with Crippen LogP contribution in [0.4, 0.5) is 0 Å². The zero-order valence-corrected chi connectivity index (χ0v) is 8.86. The molecule has 2 heterocycles. The Hall–Kier alpha value is -1.77. The highest BCUT2D eigenvalue weighted by molar-refractivity contribution is 5.94. The average molecular weight is 199 g/mol. The highest BCUT2D eigenvalue weighted by Crippen LogP contribution is 2.23. The zero-order valence-electron chi connectivity index (χ0n) is 8.86. The number of nitrogens with zero attached hydrogens (tertiary/aromatic N) is 2. The van der Waals surface area contributed by atoms with Gasteiger partial charge in [0.1, 0.15) is 0 Å². The van der Waals surface area contributed by atoms with Crippen molar-refractivity contribution in [2.75, 3.05) is 0 Å². The molecule has 3 heteroatoms. The molecule has 1 N–H and O–H groups in total. The Morgan fingerprint density at radius 1 is 1.27 bits per heavy atom. The van der Waals surface area contributed by atoms with E-state index in [-0.39, 0.29) is 0 Å². The van der Waals surface area contributed by atoms with Gasteiger partial charge >= 0.3 is 0 Å². The summed E-state index contributed by atoms with van der Waals surface area (Å²) in [4.78, 5) is 3.21. The predicted molar refractivity (Wildman–Crippen MR) is 62.0 cm³/mol. The third-order valence-corrected chi connectivity index (χ3v) is 2.76. The molecule has 1 aromatic carbocycles. The summed E-state index contributed by atoms with van der Waals surface area (Å²) in [7, 11) is 0. The second-order valence-electron chi connectivity index (χ2n) is 4.16. The fourth-order valence-corrected chi connectivity index (χ4v) is 2.01. The van der Waals surface area contributed by atoms with E-state index in [2.05, 4.69) is 46.8 Å². The number of hydrogen-bond acceptors (Lipinski definition) is 1. The average Bonchev–Trinajstić information content (AvgIpc) is 2.77. The highest BCUT2D eigenvalue weighted by Gasteiger charge is 2.07. The van der Waals surface area contributed by atoms with Gasteiger partial charge in [-0.2, -0.15) is 5.10 Å². The summed E-state index contributed by atoms with van der Waals surface area (Å²) in [6.45, 7) is 4.29. The van der Waals surface area contributed by atoms with Gasteiger partial charge in [-0.25, -0.2) is 0 Å². The van der Waals surface area contributed by atoms with Crippen LogP contribution in [0.1, 0.15) is 19.9 Å². The topological polar surface area (TPSA) is 33.6 Å². The lowest BCUT2D eigenvalue weighted by Crippen LogP contribution is -2.01. The van der Waals surface area contributed by atoms with Crippen LogP contribution >= 0.6 is 0 Å². The third kappa shape index (κ3) is 1.16. The molecule has 0 aliphatic rings. The van der Waals surface area contributed by atoms with Crippen LogP contribution in [-0.4, -0.2) is 14.8 Å². The van der Waals surface area contributed by atoms with Crippen LogP contribution in [0.5, 0.6) is 0 Å². The Balaban J connectivity index is 2.41. The van der Waals surface area contributed by atoms with Gasteiger partial charge in [-0.3, -0.25) is 4.68 Å². The molecule has 0 unspecified atom stereocenters. The van der Waals surface area contributed by atoms with Crippen LogP contribution in [-0.2, 0) is 0 Å². The van der Waals surface area contributed by atoms with Gasteiger partial charge in [0, 0.05) is 28.5 Å². The van der Waals surface area contributed by atoms with E-state index in [1.807, 2.05) is 12.4 Å². The maximum atomic E-state index is 4.40. The molecule has 3 nitrogen and oxygen atoms in total. The maximum absolute atomic E-state index is 4.40. The van der Waals surface area contributed by atoms with E-state index in [0.29, 0.717) is 6.04 Å². The standard InChI is InChI=1S/C12H13N3/c1-8(2)15-12-6-9-3-4-13-11(9)5-10(12)7-14-15/h3-8,13H,1-2H3. The lowest BCUT2D eigenvalue weighted by molar-refractivity contribution is 0.551. The minimum Gasteiger partial charge on any atom is -0.361 e. The first-order valence-electron chi connectivity index (χ1n) is 5.20. The molecule has 0 spiro atoms. The van der Waals surface area contributed by atoms with Crippen molar-refractivity contribution in [2.24, 2.45) is 0 Å². The quantitative estimate of drug-likeness (QED) is 0.642. The second kappa shape index (κ2) is 2.86. The van der Waals surface area contributed by atoms with E-state index in [4.69, 9.17) is 0 Å². The molecular weight excluding hydrogens is 186 g/mol. The number of hydrogen-bond donors (Lipinski definition) is 1. The molecule has 0 fully saturated rings. The van der Waals surface area contributed by atoms with Crippen molar-refractivity contribution in [3.63, 3.8) is 0 Å².